The van der Waals surface area contributed by atoms with E-state index in [1.54, 1.807) is 31.2 Å². The predicted octanol–water partition coefficient (Wildman–Crippen LogP) is 5.07. The van der Waals surface area contributed by atoms with Crippen molar-refractivity contribution in [3.05, 3.63) is 81.7 Å². The number of likely N-dealkylation sites (tertiary alicyclic amines) is 1. The van der Waals surface area contributed by atoms with Crippen molar-refractivity contribution in [2.75, 3.05) is 18.4 Å². The lowest BCUT2D eigenvalue weighted by molar-refractivity contribution is -0.133. The third kappa shape index (κ3) is 5.41. The first-order valence-corrected chi connectivity index (χ1v) is 13.1. The molecule has 0 unspecified atom stereocenters. The molecule has 2 amide bonds. The summed E-state index contributed by atoms with van der Waals surface area (Å²) in [5.74, 6) is 1.59. The lowest BCUT2D eigenvalue weighted by Crippen LogP contribution is -2.41. The summed E-state index contributed by atoms with van der Waals surface area (Å²) in [4.78, 5) is 46.1. The number of carbonyl (C=O) groups is 2. The van der Waals surface area contributed by atoms with E-state index < -0.39 is 0 Å². The van der Waals surface area contributed by atoms with E-state index in [2.05, 4.69) is 17.2 Å². The largest absolute Gasteiger partial charge is 0.457 e. The molecule has 0 aliphatic carbocycles. The highest BCUT2D eigenvalue weighted by Crippen LogP contribution is 2.28. The molecule has 1 aliphatic heterocycles. The Hall–Kier alpha value is -3.98. The molecule has 37 heavy (non-hydrogen) atoms. The van der Waals surface area contributed by atoms with Gasteiger partial charge in [-0.2, -0.15) is 0 Å². The van der Waals surface area contributed by atoms with Gasteiger partial charge < -0.3 is 15.0 Å². The first kappa shape index (κ1) is 24.7. The SMILES string of the molecule is Cc1c(C(=O)Nc2ccc(Oc3ccccc3)cc2)sc2ncn(CC(=O)N3CCC(C)CC3)c(=O)c12. The molecule has 9 heteroatoms. The van der Waals surface area contributed by atoms with E-state index in [0.717, 1.165) is 18.6 Å². The van der Waals surface area contributed by atoms with Crippen LogP contribution in [0, 0.1) is 12.8 Å². The molecule has 0 atom stereocenters. The van der Waals surface area contributed by atoms with Crippen LogP contribution in [0.3, 0.4) is 0 Å². The van der Waals surface area contributed by atoms with Gasteiger partial charge in [0, 0.05) is 18.8 Å². The molecule has 2 aromatic carbocycles. The minimum absolute atomic E-state index is 0.0512. The van der Waals surface area contributed by atoms with Crippen LogP contribution in [0.25, 0.3) is 10.2 Å². The number of rotatable bonds is 6. The number of thiophene rings is 1. The number of nitrogens with zero attached hydrogens (tertiary/aromatic N) is 3. The molecular formula is C28H28N4O4S. The molecule has 0 radical (unpaired) electrons. The van der Waals surface area contributed by atoms with Crippen molar-refractivity contribution in [3.8, 4) is 11.5 Å². The number of anilines is 1. The van der Waals surface area contributed by atoms with Crippen molar-refractivity contribution in [1.82, 2.24) is 14.5 Å². The average molecular weight is 517 g/mol. The Morgan fingerprint density at radius 1 is 1.05 bits per heavy atom. The number of hydrogen-bond acceptors (Lipinski definition) is 6. The third-order valence-electron chi connectivity index (χ3n) is 6.66. The molecule has 4 aromatic rings. The number of amides is 2. The third-order valence-corrected chi connectivity index (χ3v) is 7.86. The van der Waals surface area contributed by atoms with Gasteiger partial charge >= 0.3 is 0 Å². The molecule has 1 fully saturated rings. The first-order valence-electron chi connectivity index (χ1n) is 12.3. The van der Waals surface area contributed by atoms with Crippen LogP contribution in [0.1, 0.15) is 35.0 Å². The van der Waals surface area contributed by atoms with E-state index in [9.17, 15) is 14.4 Å². The number of carbonyl (C=O) groups excluding carboxylic acids is 2. The molecule has 190 valence electrons. The summed E-state index contributed by atoms with van der Waals surface area (Å²) in [7, 11) is 0. The quantitative estimate of drug-likeness (QED) is 0.386. The van der Waals surface area contributed by atoms with E-state index in [0.29, 0.717) is 51.1 Å². The molecular weight excluding hydrogens is 488 g/mol. The Balaban J connectivity index is 1.30. The number of hydrogen-bond donors (Lipinski definition) is 1. The summed E-state index contributed by atoms with van der Waals surface area (Å²) in [6, 6.07) is 16.5. The van der Waals surface area contributed by atoms with Crippen molar-refractivity contribution in [2.24, 2.45) is 5.92 Å². The van der Waals surface area contributed by atoms with Gasteiger partial charge in [0.1, 0.15) is 22.9 Å². The van der Waals surface area contributed by atoms with Crippen LogP contribution in [0.15, 0.2) is 65.7 Å². The van der Waals surface area contributed by atoms with Crippen molar-refractivity contribution in [2.45, 2.75) is 33.2 Å². The average Bonchev–Trinajstić information content (AvgIpc) is 3.25. The van der Waals surface area contributed by atoms with Gasteiger partial charge in [0.15, 0.2) is 0 Å². The van der Waals surface area contributed by atoms with E-state index in [1.807, 2.05) is 35.2 Å². The van der Waals surface area contributed by atoms with Gasteiger partial charge in [0.05, 0.1) is 16.6 Å². The van der Waals surface area contributed by atoms with Gasteiger partial charge in [0.25, 0.3) is 11.5 Å². The maximum absolute atomic E-state index is 13.2. The number of para-hydroxylation sites is 1. The highest BCUT2D eigenvalue weighted by atomic mass is 32.1. The fourth-order valence-electron chi connectivity index (χ4n) is 4.41. The molecule has 0 bridgehead atoms. The maximum Gasteiger partial charge on any atom is 0.266 e. The fourth-order valence-corrected chi connectivity index (χ4v) is 5.45. The second-order valence-corrected chi connectivity index (χ2v) is 10.4. The van der Waals surface area contributed by atoms with Crippen molar-refractivity contribution >= 4 is 39.1 Å². The van der Waals surface area contributed by atoms with Gasteiger partial charge in [0.2, 0.25) is 5.91 Å². The van der Waals surface area contributed by atoms with Crippen molar-refractivity contribution in [1.29, 1.82) is 0 Å². The Kier molecular flexibility index (Phi) is 7.05. The van der Waals surface area contributed by atoms with Gasteiger partial charge in [-0.3, -0.25) is 19.0 Å². The smallest absolute Gasteiger partial charge is 0.266 e. The zero-order chi connectivity index (χ0) is 25.9. The molecule has 5 rings (SSSR count). The van der Waals surface area contributed by atoms with Gasteiger partial charge in [-0.15, -0.1) is 11.3 Å². The van der Waals surface area contributed by atoms with Crippen LogP contribution in [0.2, 0.25) is 0 Å². The number of ether oxygens (including phenoxy) is 1. The minimum atomic E-state index is -0.318. The Labute approximate surface area is 218 Å². The normalized spacial score (nSPS) is 14.1. The number of benzene rings is 2. The molecule has 3 heterocycles. The lowest BCUT2D eigenvalue weighted by atomic mass is 9.99. The van der Waals surface area contributed by atoms with E-state index in [-0.39, 0.29) is 23.9 Å². The number of aromatic nitrogens is 2. The minimum Gasteiger partial charge on any atom is -0.457 e. The summed E-state index contributed by atoms with van der Waals surface area (Å²) in [6.45, 7) is 5.31. The van der Waals surface area contributed by atoms with E-state index in [1.165, 1.54) is 22.2 Å². The molecule has 0 saturated carbocycles. The van der Waals surface area contributed by atoms with Crippen LogP contribution in [0.5, 0.6) is 11.5 Å². The van der Waals surface area contributed by atoms with Crippen molar-refractivity contribution < 1.29 is 14.3 Å². The van der Waals surface area contributed by atoms with Crippen LogP contribution in [0.4, 0.5) is 5.69 Å². The standard InChI is InChI=1S/C28H28N4O4S/c1-18-12-14-31(15-13-18)23(33)16-32-17-29-27-24(28(32)35)19(2)25(37-27)26(34)30-20-8-10-22(11-9-20)36-21-6-4-3-5-7-21/h3-11,17-18H,12-16H2,1-2H3,(H,30,34). The van der Waals surface area contributed by atoms with Gasteiger partial charge in [-0.05, 0) is 67.6 Å². The van der Waals surface area contributed by atoms with Crippen LogP contribution >= 0.6 is 11.3 Å². The summed E-state index contributed by atoms with van der Waals surface area (Å²) in [6.07, 6.45) is 3.35. The molecule has 1 aliphatic rings. The zero-order valence-electron chi connectivity index (χ0n) is 20.8. The summed E-state index contributed by atoms with van der Waals surface area (Å²) >= 11 is 1.17. The number of piperidine rings is 1. The number of fused-ring (bicyclic) bond motifs is 1. The Morgan fingerprint density at radius 2 is 1.73 bits per heavy atom. The molecule has 0 spiro atoms. The zero-order valence-corrected chi connectivity index (χ0v) is 21.6. The van der Waals surface area contributed by atoms with Crippen molar-refractivity contribution in [3.63, 3.8) is 0 Å². The topological polar surface area (TPSA) is 93.5 Å². The summed E-state index contributed by atoms with van der Waals surface area (Å²) < 4.78 is 7.14. The van der Waals surface area contributed by atoms with Gasteiger partial charge in [-0.25, -0.2) is 4.98 Å². The number of aryl methyl sites for hydroxylation is 1. The first-order chi connectivity index (χ1) is 17.9. The number of nitrogens with one attached hydrogen (secondary N) is 1. The van der Waals surface area contributed by atoms with Crippen LogP contribution in [-0.4, -0.2) is 39.4 Å². The second-order valence-electron chi connectivity index (χ2n) is 9.37. The molecule has 1 N–H and O–H groups in total. The molecule has 2 aromatic heterocycles. The fraction of sp³-hybridized carbons (Fsp3) is 0.286. The summed E-state index contributed by atoms with van der Waals surface area (Å²) in [5.41, 5.74) is 0.862. The highest BCUT2D eigenvalue weighted by Gasteiger charge is 2.23. The Bertz CT molecular complexity index is 1490. The highest BCUT2D eigenvalue weighted by molar-refractivity contribution is 7.20. The van der Waals surface area contributed by atoms with Gasteiger partial charge in [-0.1, -0.05) is 25.1 Å². The lowest BCUT2D eigenvalue weighted by Gasteiger charge is -2.30. The van der Waals surface area contributed by atoms with Crippen LogP contribution < -0.4 is 15.6 Å². The molecule has 1 saturated heterocycles. The van der Waals surface area contributed by atoms with E-state index >= 15 is 0 Å². The summed E-state index contributed by atoms with van der Waals surface area (Å²) in [5, 5.41) is 3.26. The van der Waals surface area contributed by atoms with Crippen LogP contribution in [-0.2, 0) is 11.3 Å². The maximum atomic E-state index is 13.2. The molecule has 8 nitrogen and oxygen atoms in total. The van der Waals surface area contributed by atoms with E-state index in [4.69, 9.17) is 4.74 Å². The predicted molar refractivity (Wildman–Crippen MR) is 145 cm³/mol. The second kappa shape index (κ2) is 10.6. The Morgan fingerprint density at radius 3 is 2.43 bits per heavy atom. The monoisotopic (exact) mass is 516 g/mol.